The highest BCUT2D eigenvalue weighted by Gasteiger charge is 2.38. The molecule has 0 radical (unpaired) electrons. The molecule has 48 heavy (non-hydrogen) atoms. The smallest absolute Gasteiger partial charge is 0.430 e. The van der Waals surface area contributed by atoms with Crippen LogP contribution >= 0.6 is 15.9 Å². The highest BCUT2D eigenvalue weighted by molar-refractivity contribution is 9.10. The number of alkyl halides is 3. The van der Waals surface area contributed by atoms with Gasteiger partial charge in [0.15, 0.2) is 6.54 Å². The molecule has 258 valence electrons. The van der Waals surface area contributed by atoms with Gasteiger partial charge in [0, 0.05) is 16.4 Å². The zero-order chi connectivity index (χ0) is 34.8. The van der Waals surface area contributed by atoms with Gasteiger partial charge in [-0.3, -0.25) is 9.59 Å². The first-order chi connectivity index (χ1) is 22.8. The number of morpholine rings is 1. The lowest BCUT2D eigenvalue weighted by atomic mass is 9.73. The molecule has 3 N–H and O–H groups in total. The number of carboxylic acids is 1. The van der Waals surface area contributed by atoms with Gasteiger partial charge in [0.25, 0.3) is 5.91 Å². The Morgan fingerprint density at radius 2 is 1.40 bits per heavy atom. The monoisotopic (exact) mass is 739 g/mol. The molecule has 2 fully saturated rings. The van der Waals surface area contributed by atoms with Crippen LogP contribution in [0, 0.1) is 17.6 Å². The number of carboxylic acid groups (broad SMARTS) is 1. The Labute approximate surface area is 282 Å². The third kappa shape index (κ3) is 10.8. The van der Waals surface area contributed by atoms with E-state index in [1.54, 1.807) is 24.3 Å². The first-order valence-electron chi connectivity index (χ1n) is 15.4. The van der Waals surface area contributed by atoms with Gasteiger partial charge in [-0.25, -0.2) is 8.78 Å². The summed E-state index contributed by atoms with van der Waals surface area (Å²) in [6, 6.07) is 19.4. The van der Waals surface area contributed by atoms with Crippen LogP contribution in [0.5, 0.6) is 0 Å². The van der Waals surface area contributed by atoms with E-state index < -0.39 is 18.2 Å². The molecule has 1 aliphatic heterocycles. The molecule has 2 aliphatic rings. The summed E-state index contributed by atoms with van der Waals surface area (Å²) in [5.74, 6) is -4.30. The van der Waals surface area contributed by atoms with Crippen LogP contribution in [0.1, 0.15) is 47.9 Å². The fraction of sp³-hybridized carbons (Fsp3) is 0.382. The number of rotatable bonds is 8. The molecule has 0 bridgehead atoms. The normalized spacial score (nSPS) is 19.9. The van der Waals surface area contributed by atoms with Gasteiger partial charge in [-0.05, 0) is 78.3 Å². The first kappa shape index (κ1) is 36.9. The number of halogens is 6. The summed E-state index contributed by atoms with van der Waals surface area (Å²) < 4.78 is 65.3. The van der Waals surface area contributed by atoms with Crippen LogP contribution in [-0.4, -0.2) is 62.8 Å². The number of ether oxygens (including phenoxy) is 1. The van der Waals surface area contributed by atoms with Crippen LogP contribution in [0.2, 0.25) is 0 Å². The van der Waals surface area contributed by atoms with E-state index in [9.17, 15) is 31.5 Å². The molecule has 0 aromatic heterocycles. The maximum atomic E-state index is 14.0. The fourth-order valence-corrected chi connectivity index (χ4v) is 6.22. The maximum Gasteiger partial charge on any atom is 0.430 e. The Bertz CT molecular complexity index is 1470. The van der Waals surface area contributed by atoms with Gasteiger partial charge < -0.3 is 30.2 Å². The van der Waals surface area contributed by atoms with Crippen molar-refractivity contribution in [3.63, 3.8) is 0 Å². The molecule has 1 saturated carbocycles. The number of quaternary nitrogens is 1. The molecule has 0 spiro atoms. The molecule has 3 aromatic rings. The van der Waals surface area contributed by atoms with Gasteiger partial charge in [-0.1, -0.05) is 52.3 Å². The van der Waals surface area contributed by atoms with Crippen LogP contribution in [0.3, 0.4) is 0 Å². The third-order valence-corrected chi connectivity index (χ3v) is 8.91. The standard InChI is InChI=1S/C32H34BrF2N3O3.C2HF3O2/c33-24-7-1-21(2-8-24)29-19-27(36-30(39)20-38-15-17-41-18-16-38)13-14-28(29)32(40)37-31(22-3-9-25(34)10-4-22)23-5-11-26(35)12-6-23;3-2(4,5)1(6)7/h1-12,27-29,31H,13-20H2,(H,36,39)(H,37,40);(H,6,7)/t27-,28-,29+;/m1./s1. The molecule has 0 unspecified atom stereocenters. The Morgan fingerprint density at radius 3 is 1.90 bits per heavy atom. The van der Waals surface area contributed by atoms with Crippen molar-refractivity contribution in [3.05, 3.63) is 106 Å². The molecule has 1 aliphatic carbocycles. The fourth-order valence-electron chi connectivity index (χ4n) is 5.96. The van der Waals surface area contributed by atoms with E-state index in [0.717, 1.165) is 23.1 Å². The Morgan fingerprint density at radius 1 is 0.875 bits per heavy atom. The molecule has 5 rings (SSSR count). The molecule has 8 nitrogen and oxygen atoms in total. The van der Waals surface area contributed by atoms with E-state index in [-0.39, 0.29) is 41.3 Å². The predicted octanol–water partition coefficient (Wildman–Crippen LogP) is 3.22. The summed E-state index contributed by atoms with van der Waals surface area (Å²) in [5, 5.41) is 15.2. The summed E-state index contributed by atoms with van der Waals surface area (Å²) in [5.41, 5.74) is 2.45. The van der Waals surface area contributed by atoms with E-state index >= 15 is 0 Å². The lowest BCUT2D eigenvalue weighted by Crippen LogP contribution is -3.15. The van der Waals surface area contributed by atoms with E-state index in [1.165, 1.54) is 29.2 Å². The van der Waals surface area contributed by atoms with E-state index in [1.807, 2.05) is 24.3 Å². The van der Waals surface area contributed by atoms with Crippen molar-refractivity contribution in [2.24, 2.45) is 5.92 Å². The molecule has 3 atom stereocenters. The molecular weight excluding hydrogens is 705 g/mol. The van der Waals surface area contributed by atoms with Crippen LogP contribution in [0.25, 0.3) is 0 Å². The number of benzene rings is 3. The number of amides is 2. The number of nitrogens with one attached hydrogen (secondary N) is 3. The second-order valence-electron chi connectivity index (χ2n) is 11.7. The summed E-state index contributed by atoms with van der Waals surface area (Å²) in [7, 11) is 0. The Hall–Kier alpha value is -3.88. The zero-order valence-electron chi connectivity index (χ0n) is 25.7. The Balaban J connectivity index is 0.000000671. The van der Waals surface area contributed by atoms with Crippen LogP contribution in [0.15, 0.2) is 77.3 Å². The number of carbonyl (C=O) groups excluding carboxylic acids is 3. The molecule has 1 saturated heterocycles. The van der Waals surface area contributed by atoms with Crippen molar-refractivity contribution in [3.8, 4) is 0 Å². The number of hydrogen-bond acceptors (Lipinski definition) is 5. The summed E-state index contributed by atoms with van der Waals surface area (Å²) in [6.07, 6.45) is -3.27. The first-order valence-corrected chi connectivity index (χ1v) is 16.1. The van der Waals surface area contributed by atoms with E-state index in [2.05, 4.69) is 26.6 Å². The van der Waals surface area contributed by atoms with Crippen molar-refractivity contribution in [2.45, 2.75) is 43.4 Å². The van der Waals surface area contributed by atoms with Gasteiger partial charge in [0.1, 0.15) is 30.7 Å². The van der Waals surface area contributed by atoms with Crippen molar-refractivity contribution in [1.82, 2.24) is 10.6 Å². The average Bonchev–Trinajstić information content (AvgIpc) is 3.05. The minimum atomic E-state index is -5.19. The van der Waals surface area contributed by atoms with Crippen molar-refractivity contribution in [2.75, 3.05) is 32.8 Å². The molecule has 3 aromatic carbocycles. The van der Waals surface area contributed by atoms with Crippen LogP contribution < -0.4 is 20.6 Å². The minimum Gasteiger partial charge on any atom is -0.542 e. The van der Waals surface area contributed by atoms with Crippen molar-refractivity contribution in [1.29, 1.82) is 0 Å². The second kappa shape index (κ2) is 17.0. The molecule has 14 heteroatoms. The summed E-state index contributed by atoms with van der Waals surface area (Å²) >= 11 is 3.50. The second-order valence-corrected chi connectivity index (χ2v) is 12.6. The van der Waals surface area contributed by atoms with Crippen LogP contribution in [0.4, 0.5) is 22.0 Å². The third-order valence-electron chi connectivity index (χ3n) is 8.39. The largest absolute Gasteiger partial charge is 0.542 e. The van der Waals surface area contributed by atoms with Gasteiger partial charge >= 0.3 is 6.18 Å². The lowest BCUT2D eigenvalue weighted by Gasteiger charge is -2.37. The SMILES string of the molecule is O=C(C[NH+]1CCOCC1)N[C@@H]1CC[C@@H](C(=O)NC(c2ccc(F)cc2)c2ccc(F)cc2)[C@H](c2ccc(Br)cc2)C1.O=C([O-])C(F)(F)F. The van der Waals surface area contributed by atoms with Crippen molar-refractivity contribution >= 4 is 33.7 Å². The summed E-state index contributed by atoms with van der Waals surface area (Å²) in [6.45, 7) is 3.41. The highest BCUT2D eigenvalue weighted by atomic mass is 79.9. The van der Waals surface area contributed by atoms with E-state index in [4.69, 9.17) is 14.6 Å². The molecule has 2 amide bonds. The number of carbonyl (C=O) groups is 3. The van der Waals surface area contributed by atoms with Gasteiger partial charge in [-0.2, -0.15) is 13.2 Å². The number of aliphatic carboxylic acids is 1. The molecule has 1 heterocycles. The van der Waals surface area contributed by atoms with Gasteiger partial charge in [-0.15, -0.1) is 0 Å². The number of hydrogen-bond donors (Lipinski definition) is 3. The van der Waals surface area contributed by atoms with Crippen LogP contribution in [-0.2, 0) is 19.1 Å². The van der Waals surface area contributed by atoms with Gasteiger partial charge in [0.2, 0.25) is 5.91 Å². The van der Waals surface area contributed by atoms with Crippen molar-refractivity contribution < 1.29 is 51.1 Å². The maximum absolute atomic E-state index is 14.0. The minimum absolute atomic E-state index is 0.0250. The average molecular weight is 741 g/mol. The predicted molar refractivity (Wildman–Crippen MR) is 166 cm³/mol. The van der Waals surface area contributed by atoms with E-state index in [0.29, 0.717) is 50.1 Å². The zero-order valence-corrected chi connectivity index (χ0v) is 27.3. The lowest BCUT2D eigenvalue weighted by molar-refractivity contribution is -0.900. The van der Waals surface area contributed by atoms with Gasteiger partial charge in [0.05, 0.1) is 19.3 Å². The topological polar surface area (TPSA) is 112 Å². The summed E-state index contributed by atoms with van der Waals surface area (Å²) in [4.78, 5) is 36.8. The Kier molecular flexibility index (Phi) is 13.1. The molecular formula is C34H35BrF5N3O5. The quantitative estimate of drug-likeness (QED) is 0.308. The highest BCUT2D eigenvalue weighted by Crippen LogP contribution is 2.39.